The van der Waals surface area contributed by atoms with Gasteiger partial charge in [-0.1, -0.05) is 31.2 Å². The van der Waals surface area contributed by atoms with Gasteiger partial charge in [0, 0.05) is 32.6 Å². The van der Waals surface area contributed by atoms with Crippen LogP contribution in [0.3, 0.4) is 0 Å². The van der Waals surface area contributed by atoms with E-state index in [0.29, 0.717) is 5.56 Å². The highest BCUT2D eigenvalue weighted by molar-refractivity contribution is 7.89. The number of benzene rings is 2. The van der Waals surface area contributed by atoms with Crippen molar-refractivity contribution in [2.24, 2.45) is 0 Å². The summed E-state index contributed by atoms with van der Waals surface area (Å²) in [5.41, 5.74) is -0.0490. The lowest BCUT2D eigenvalue weighted by Crippen LogP contribution is -2.50. The minimum absolute atomic E-state index is 0.0572. The molecule has 1 amide bonds. The van der Waals surface area contributed by atoms with Gasteiger partial charge in [-0.2, -0.15) is 22.7 Å². The first kappa shape index (κ1) is 23.8. The van der Waals surface area contributed by atoms with Gasteiger partial charge in [0.25, 0.3) is 0 Å². The van der Waals surface area contributed by atoms with E-state index in [-0.39, 0.29) is 54.9 Å². The van der Waals surface area contributed by atoms with Crippen LogP contribution in [-0.2, 0) is 21.0 Å². The summed E-state index contributed by atoms with van der Waals surface area (Å²) in [6.45, 7) is 2.37. The average molecular weight is 465 g/mol. The molecule has 0 aliphatic carbocycles. The van der Waals surface area contributed by atoms with Crippen molar-refractivity contribution in [2.75, 3.05) is 26.2 Å². The molecule has 2 aromatic rings. The number of nitrogens with zero attached hydrogens (tertiary/aromatic N) is 3. The van der Waals surface area contributed by atoms with Crippen molar-refractivity contribution >= 4 is 15.9 Å². The summed E-state index contributed by atoms with van der Waals surface area (Å²) in [7, 11) is -3.86. The molecular formula is C22H22F3N3O3S. The molecule has 0 bridgehead atoms. The van der Waals surface area contributed by atoms with Gasteiger partial charge in [-0.15, -0.1) is 0 Å². The van der Waals surface area contributed by atoms with Crippen LogP contribution in [0.15, 0.2) is 53.4 Å². The summed E-state index contributed by atoms with van der Waals surface area (Å²) in [6, 6.07) is 12.6. The van der Waals surface area contributed by atoms with Crippen molar-refractivity contribution < 1.29 is 26.4 Å². The third-order valence-corrected chi connectivity index (χ3v) is 7.46. The van der Waals surface area contributed by atoms with E-state index in [4.69, 9.17) is 0 Å². The fourth-order valence-corrected chi connectivity index (χ4v) is 5.17. The quantitative estimate of drug-likeness (QED) is 0.676. The summed E-state index contributed by atoms with van der Waals surface area (Å²) in [6.07, 6.45) is -4.30. The molecule has 0 saturated carbocycles. The van der Waals surface area contributed by atoms with Crippen LogP contribution in [0.25, 0.3) is 0 Å². The van der Waals surface area contributed by atoms with Crippen molar-refractivity contribution in [1.29, 1.82) is 5.26 Å². The molecule has 6 nitrogen and oxygen atoms in total. The molecular weight excluding hydrogens is 443 g/mol. The number of piperazine rings is 1. The number of hydrogen-bond acceptors (Lipinski definition) is 4. The number of alkyl halides is 3. The van der Waals surface area contributed by atoms with E-state index in [0.717, 1.165) is 12.1 Å². The fraction of sp³-hybridized carbons (Fsp3) is 0.364. The Morgan fingerprint density at radius 2 is 1.66 bits per heavy atom. The highest BCUT2D eigenvalue weighted by atomic mass is 32.2. The Labute approximate surface area is 184 Å². The Balaban J connectivity index is 1.60. The highest BCUT2D eigenvalue weighted by Gasteiger charge is 2.32. The first-order chi connectivity index (χ1) is 15.0. The number of nitriles is 1. The number of rotatable bonds is 5. The maximum Gasteiger partial charge on any atom is 0.416 e. The number of carbonyl (C=O) groups excluding carboxylic acids is 1. The van der Waals surface area contributed by atoms with Gasteiger partial charge in [-0.05, 0) is 35.7 Å². The molecule has 0 radical (unpaired) electrons. The Kier molecular flexibility index (Phi) is 6.91. The first-order valence-corrected chi connectivity index (χ1v) is 11.4. The van der Waals surface area contributed by atoms with Gasteiger partial charge < -0.3 is 4.90 Å². The van der Waals surface area contributed by atoms with E-state index in [2.05, 4.69) is 0 Å². The molecule has 1 unspecified atom stereocenters. The molecule has 0 spiro atoms. The lowest BCUT2D eigenvalue weighted by Gasteiger charge is -2.34. The second-order valence-corrected chi connectivity index (χ2v) is 9.52. The molecule has 32 heavy (non-hydrogen) atoms. The fourth-order valence-electron chi connectivity index (χ4n) is 3.61. The summed E-state index contributed by atoms with van der Waals surface area (Å²) < 4.78 is 65.2. The molecule has 2 aromatic carbocycles. The predicted octanol–water partition coefficient (Wildman–Crippen LogP) is 3.60. The minimum Gasteiger partial charge on any atom is -0.340 e. The summed E-state index contributed by atoms with van der Waals surface area (Å²) in [5.74, 6) is -0.471. The van der Waals surface area contributed by atoms with Gasteiger partial charge in [0.15, 0.2) is 0 Å². The van der Waals surface area contributed by atoms with Crippen molar-refractivity contribution in [3.63, 3.8) is 0 Å². The van der Waals surface area contributed by atoms with Gasteiger partial charge in [0.05, 0.1) is 16.0 Å². The lowest BCUT2D eigenvalue weighted by atomic mass is 9.96. The minimum atomic E-state index is -4.41. The molecule has 0 N–H and O–H groups in total. The van der Waals surface area contributed by atoms with Crippen LogP contribution >= 0.6 is 0 Å². The zero-order chi connectivity index (χ0) is 23.5. The van der Waals surface area contributed by atoms with Gasteiger partial charge in [-0.3, -0.25) is 4.79 Å². The van der Waals surface area contributed by atoms with Crippen molar-refractivity contribution in [2.45, 2.75) is 30.3 Å². The largest absolute Gasteiger partial charge is 0.416 e. The Morgan fingerprint density at radius 3 is 2.22 bits per heavy atom. The Bertz CT molecular complexity index is 1120. The monoisotopic (exact) mass is 465 g/mol. The van der Waals surface area contributed by atoms with Gasteiger partial charge in [0.1, 0.15) is 6.07 Å². The van der Waals surface area contributed by atoms with E-state index < -0.39 is 21.8 Å². The van der Waals surface area contributed by atoms with Gasteiger partial charge in [-0.25, -0.2) is 8.42 Å². The molecule has 1 aliphatic rings. The van der Waals surface area contributed by atoms with Crippen molar-refractivity contribution in [1.82, 2.24) is 9.21 Å². The normalized spacial score (nSPS) is 16.4. The molecule has 1 fully saturated rings. The number of halogens is 3. The first-order valence-electron chi connectivity index (χ1n) is 9.98. The topological polar surface area (TPSA) is 81.5 Å². The predicted molar refractivity (Wildman–Crippen MR) is 111 cm³/mol. The SMILES string of the molecule is CC(CC(=O)N1CCN(S(=O)(=O)c2ccccc2C#N)CC1)c1ccc(C(F)(F)F)cc1. The third kappa shape index (κ3) is 5.11. The van der Waals surface area contributed by atoms with Crippen LogP contribution in [0.2, 0.25) is 0 Å². The Hall–Kier alpha value is -2.90. The van der Waals surface area contributed by atoms with Gasteiger partial charge >= 0.3 is 6.18 Å². The summed E-state index contributed by atoms with van der Waals surface area (Å²) in [4.78, 5) is 14.2. The van der Waals surface area contributed by atoms with Crippen LogP contribution in [0.5, 0.6) is 0 Å². The zero-order valence-electron chi connectivity index (χ0n) is 17.3. The van der Waals surface area contributed by atoms with E-state index in [9.17, 15) is 31.6 Å². The van der Waals surface area contributed by atoms with Crippen LogP contribution in [-0.4, -0.2) is 49.7 Å². The summed E-state index contributed by atoms with van der Waals surface area (Å²) >= 11 is 0. The molecule has 1 aliphatic heterocycles. The lowest BCUT2D eigenvalue weighted by molar-refractivity contribution is -0.137. The van der Waals surface area contributed by atoms with Gasteiger partial charge in [0.2, 0.25) is 15.9 Å². The molecule has 1 heterocycles. The van der Waals surface area contributed by atoms with E-state index >= 15 is 0 Å². The molecule has 10 heteroatoms. The van der Waals surface area contributed by atoms with E-state index in [1.807, 2.05) is 6.07 Å². The van der Waals surface area contributed by atoms with Crippen molar-refractivity contribution in [3.8, 4) is 6.07 Å². The molecule has 1 saturated heterocycles. The maximum absolute atomic E-state index is 12.9. The van der Waals surface area contributed by atoms with Crippen LogP contribution in [0.4, 0.5) is 13.2 Å². The smallest absolute Gasteiger partial charge is 0.340 e. The summed E-state index contributed by atoms with van der Waals surface area (Å²) in [5, 5.41) is 9.19. The van der Waals surface area contributed by atoms with Crippen LogP contribution in [0.1, 0.15) is 36.0 Å². The molecule has 1 atom stereocenters. The standard InChI is InChI=1S/C22H22F3N3O3S/c1-16(17-6-8-19(9-7-17)22(23,24)25)14-21(29)27-10-12-28(13-11-27)32(30,31)20-5-3-2-4-18(20)15-26/h2-9,16H,10-14H2,1H3. The second-order valence-electron chi connectivity index (χ2n) is 7.62. The maximum atomic E-state index is 12.9. The third-order valence-electron chi connectivity index (χ3n) is 5.50. The van der Waals surface area contributed by atoms with Crippen LogP contribution < -0.4 is 0 Å². The second kappa shape index (κ2) is 9.30. The molecule has 170 valence electrons. The number of carbonyl (C=O) groups is 1. The zero-order valence-corrected chi connectivity index (χ0v) is 18.2. The molecule has 3 rings (SSSR count). The van der Waals surface area contributed by atoms with E-state index in [1.165, 1.54) is 28.6 Å². The average Bonchev–Trinajstić information content (AvgIpc) is 2.78. The van der Waals surface area contributed by atoms with E-state index in [1.54, 1.807) is 24.0 Å². The highest BCUT2D eigenvalue weighted by Crippen LogP contribution is 2.31. The number of hydrogen-bond donors (Lipinski definition) is 0. The molecule has 0 aromatic heterocycles. The number of sulfonamides is 1. The number of amides is 1. The van der Waals surface area contributed by atoms with Crippen LogP contribution in [0, 0.1) is 11.3 Å². The Morgan fingerprint density at radius 1 is 1.06 bits per heavy atom. The van der Waals surface area contributed by atoms with Crippen molar-refractivity contribution in [3.05, 3.63) is 65.2 Å².